The number of carbonyl (C=O) groups is 3. The number of ketones is 2. The third kappa shape index (κ3) is 6.51. The number of likely N-dealkylation sites (N-methyl/N-ethyl adjacent to an activating group) is 1. The minimum Gasteiger partial charge on any atom is -0.385 e. The lowest BCUT2D eigenvalue weighted by molar-refractivity contribution is -0.119. The fraction of sp³-hybridized carbons (Fsp3) is 0.409. The van der Waals surface area contributed by atoms with Crippen molar-refractivity contribution in [2.24, 2.45) is 0 Å². The molecule has 0 aromatic heterocycles. The lowest BCUT2D eigenvalue weighted by Crippen LogP contribution is -2.34. The maximum Gasteiger partial charge on any atom is 0.248 e. The summed E-state index contributed by atoms with van der Waals surface area (Å²) in [6.45, 7) is 0. The molecule has 2 bridgehead atoms. The van der Waals surface area contributed by atoms with Gasteiger partial charge in [0.2, 0.25) is 17.5 Å². The van der Waals surface area contributed by atoms with Crippen molar-refractivity contribution in [1.82, 2.24) is 10.6 Å². The summed E-state index contributed by atoms with van der Waals surface area (Å²) in [5.74, 6) is -0.975. The molecule has 0 spiro atoms. The largest absolute Gasteiger partial charge is 0.385 e. The van der Waals surface area contributed by atoms with E-state index in [1.807, 2.05) is 12.2 Å². The standard InChI is InChI=1S/C22H28N2O3/c1-23-21-17-14-12-10-8-6-4-2-3-5-7-9-11-13-15-20(26)24-18(22(17)27)16-19(21)25/h2-3,9,11,13,15-16,23H,4-8,10,12,14H2,1H3,(H,24,26). The predicted molar refractivity (Wildman–Crippen MR) is 107 cm³/mol. The lowest BCUT2D eigenvalue weighted by atomic mass is 9.92. The van der Waals surface area contributed by atoms with Gasteiger partial charge in [-0.05, 0) is 38.5 Å². The molecule has 1 heterocycles. The summed E-state index contributed by atoms with van der Waals surface area (Å²) < 4.78 is 0. The van der Waals surface area contributed by atoms with Gasteiger partial charge in [0.15, 0.2) is 0 Å². The topological polar surface area (TPSA) is 75.3 Å². The van der Waals surface area contributed by atoms with Gasteiger partial charge in [-0.1, -0.05) is 43.2 Å². The second-order valence-corrected chi connectivity index (χ2v) is 6.63. The van der Waals surface area contributed by atoms with Crippen molar-refractivity contribution in [3.63, 3.8) is 0 Å². The molecule has 2 N–H and O–H groups in total. The van der Waals surface area contributed by atoms with E-state index in [0.717, 1.165) is 44.9 Å². The Morgan fingerprint density at radius 2 is 1.63 bits per heavy atom. The van der Waals surface area contributed by atoms with E-state index in [4.69, 9.17) is 0 Å². The Kier molecular flexibility index (Phi) is 8.49. The molecular weight excluding hydrogens is 340 g/mol. The highest BCUT2D eigenvalue weighted by atomic mass is 16.2. The maximum absolute atomic E-state index is 12.7. The third-order valence-electron chi connectivity index (χ3n) is 4.56. The first-order valence-corrected chi connectivity index (χ1v) is 9.64. The summed E-state index contributed by atoms with van der Waals surface area (Å²) in [5, 5.41) is 5.39. The van der Waals surface area contributed by atoms with Crippen LogP contribution in [0.4, 0.5) is 0 Å². The molecule has 5 heteroatoms. The molecule has 27 heavy (non-hydrogen) atoms. The van der Waals surface area contributed by atoms with E-state index in [-0.39, 0.29) is 17.3 Å². The summed E-state index contributed by atoms with van der Waals surface area (Å²) >= 11 is 0. The summed E-state index contributed by atoms with van der Waals surface area (Å²) in [6.07, 6.45) is 20.0. The first-order valence-electron chi connectivity index (χ1n) is 9.64. The average Bonchev–Trinajstić information content (AvgIpc) is 2.64. The van der Waals surface area contributed by atoms with Gasteiger partial charge in [-0.25, -0.2) is 0 Å². The van der Waals surface area contributed by atoms with E-state index in [1.165, 1.54) is 12.2 Å². The van der Waals surface area contributed by atoms with Crippen molar-refractivity contribution in [3.8, 4) is 0 Å². The number of rotatable bonds is 1. The number of hydrogen-bond donors (Lipinski definition) is 2. The molecule has 0 saturated heterocycles. The lowest BCUT2D eigenvalue weighted by Gasteiger charge is -2.19. The highest BCUT2D eigenvalue weighted by molar-refractivity contribution is 6.23. The molecule has 0 fully saturated rings. The van der Waals surface area contributed by atoms with Crippen LogP contribution >= 0.6 is 0 Å². The molecule has 0 radical (unpaired) electrons. The summed E-state index contributed by atoms with van der Waals surface area (Å²) in [5.41, 5.74) is 0.849. The minimum atomic E-state index is -0.419. The zero-order chi connectivity index (χ0) is 19.5. The number of nitrogens with one attached hydrogen (secondary N) is 2. The Labute approximate surface area is 161 Å². The summed E-state index contributed by atoms with van der Waals surface area (Å²) in [6, 6.07) is 0. The molecule has 5 nitrogen and oxygen atoms in total. The summed E-state index contributed by atoms with van der Waals surface area (Å²) in [7, 11) is 1.64. The van der Waals surface area contributed by atoms with Crippen LogP contribution < -0.4 is 10.6 Å². The van der Waals surface area contributed by atoms with Crippen LogP contribution in [0.25, 0.3) is 0 Å². The molecule has 0 saturated carbocycles. The fourth-order valence-corrected chi connectivity index (χ4v) is 3.14. The van der Waals surface area contributed by atoms with Crippen LogP contribution in [0, 0.1) is 0 Å². The SMILES string of the molecule is CNC1=C2CCCCCCC=CCCC=CC=CC(=O)NC(=CC1=O)C2=O. The van der Waals surface area contributed by atoms with Gasteiger partial charge in [0.05, 0.1) is 11.4 Å². The zero-order valence-corrected chi connectivity index (χ0v) is 15.9. The van der Waals surface area contributed by atoms with Gasteiger partial charge >= 0.3 is 0 Å². The Bertz CT molecular complexity index is 724. The molecule has 0 atom stereocenters. The van der Waals surface area contributed by atoms with E-state index >= 15 is 0 Å². The molecule has 2 rings (SSSR count). The van der Waals surface area contributed by atoms with Crippen LogP contribution in [0.3, 0.4) is 0 Å². The van der Waals surface area contributed by atoms with Gasteiger partial charge in [-0.2, -0.15) is 0 Å². The van der Waals surface area contributed by atoms with Gasteiger partial charge < -0.3 is 10.6 Å². The quantitative estimate of drug-likeness (QED) is 0.549. The predicted octanol–water partition coefficient (Wildman–Crippen LogP) is 3.41. The van der Waals surface area contributed by atoms with Gasteiger partial charge in [0.25, 0.3) is 0 Å². The highest BCUT2D eigenvalue weighted by Crippen LogP contribution is 2.22. The van der Waals surface area contributed by atoms with E-state index in [9.17, 15) is 14.4 Å². The van der Waals surface area contributed by atoms with Crippen molar-refractivity contribution < 1.29 is 14.4 Å². The van der Waals surface area contributed by atoms with Crippen molar-refractivity contribution >= 4 is 17.5 Å². The number of hydrogen-bond acceptors (Lipinski definition) is 4. The van der Waals surface area contributed by atoms with Crippen LogP contribution in [0.2, 0.25) is 0 Å². The first kappa shape index (κ1) is 20.6. The zero-order valence-electron chi connectivity index (χ0n) is 15.9. The highest BCUT2D eigenvalue weighted by Gasteiger charge is 2.28. The Morgan fingerprint density at radius 1 is 0.889 bits per heavy atom. The maximum atomic E-state index is 12.7. The number of amides is 1. The van der Waals surface area contributed by atoms with Gasteiger partial charge in [0, 0.05) is 24.8 Å². The van der Waals surface area contributed by atoms with Crippen molar-refractivity contribution in [3.05, 3.63) is 59.5 Å². The average molecular weight is 368 g/mol. The first-order chi connectivity index (χ1) is 13.1. The second-order valence-electron chi connectivity index (χ2n) is 6.63. The molecule has 2 aliphatic rings. The molecule has 0 aromatic carbocycles. The number of fused-ring (bicyclic) bond motifs is 2. The Balaban J connectivity index is 2.16. The van der Waals surface area contributed by atoms with Crippen LogP contribution in [-0.2, 0) is 14.4 Å². The molecule has 0 unspecified atom stereocenters. The van der Waals surface area contributed by atoms with Crippen molar-refractivity contribution in [1.29, 1.82) is 0 Å². The van der Waals surface area contributed by atoms with E-state index < -0.39 is 5.91 Å². The van der Waals surface area contributed by atoms with Gasteiger partial charge in [0.1, 0.15) is 0 Å². The van der Waals surface area contributed by atoms with Gasteiger partial charge in [-0.3, -0.25) is 14.4 Å². The molecule has 0 aromatic rings. The Hall–Kier alpha value is -2.69. The summed E-state index contributed by atoms with van der Waals surface area (Å²) in [4.78, 5) is 37.1. The van der Waals surface area contributed by atoms with E-state index in [1.54, 1.807) is 13.1 Å². The molecule has 1 aliphatic carbocycles. The number of carbonyl (C=O) groups excluding carboxylic acids is 3. The van der Waals surface area contributed by atoms with Crippen molar-refractivity contribution in [2.75, 3.05) is 7.05 Å². The number of Topliss-reactive ketones (excluding diaryl/α,β-unsaturated/α-hetero) is 1. The smallest absolute Gasteiger partial charge is 0.248 e. The van der Waals surface area contributed by atoms with Gasteiger partial charge in [-0.15, -0.1) is 0 Å². The minimum absolute atomic E-state index is 0.0507. The van der Waals surface area contributed by atoms with E-state index in [2.05, 4.69) is 22.8 Å². The van der Waals surface area contributed by atoms with Crippen molar-refractivity contribution in [2.45, 2.75) is 51.4 Å². The third-order valence-corrected chi connectivity index (χ3v) is 4.56. The van der Waals surface area contributed by atoms with E-state index in [0.29, 0.717) is 17.7 Å². The molecule has 144 valence electrons. The molecule has 1 aliphatic heterocycles. The molecule has 1 amide bonds. The monoisotopic (exact) mass is 368 g/mol. The van der Waals surface area contributed by atoms with Crippen LogP contribution in [0.1, 0.15) is 51.4 Å². The van der Waals surface area contributed by atoms with Crippen LogP contribution in [0.15, 0.2) is 59.5 Å². The number of allylic oxidation sites excluding steroid dienone is 7. The second kappa shape index (κ2) is 11.1. The van der Waals surface area contributed by atoms with Crippen LogP contribution in [0.5, 0.6) is 0 Å². The normalized spacial score (nSPS) is 20.5. The Morgan fingerprint density at radius 3 is 2.44 bits per heavy atom. The van der Waals surface area contributed by atoms with Crippen LogP contribution in [-0.4, -0.2) is 24.5 Å². The fourth-order valence-electron chi connectivity index (χ4n) is 3.14. The molecular formula is C22H28N2O3.